The predicted octanol–water partition coefficient (Wildman–Crippen LogP) is 3.85. The zero-order chi connectivity index (χ0) is 24.9. The van der Waals surface area contributed by atoms with Crippen LogP contribution in [0.4, 0.5) is 20.2 Å². The number of alkyl halides is 2. The van der Waals surface area contributed by atoms with Crippen LogP contribution in [0.15, 0.2) is 48.8 Å². The predicted molar refractivity (Wildman–Crippen MR) is 133 cm³/mol. The van der Waals surface area contributed by atoms with Crippen LogP contribution in [0.2, 0.25) is 0 Å². The first kappa shape index (κ1) is 23.1. The molecule has 3 aliphatic heterocycles. The Morgan fingerprint density at radius 2 is 1.92 bits per heavy atom. The maximum Gasteiger partial charge on any atom is 0.280 e. The number of rotatable bonds is 5. The van der Waals surface area contributed by atoms with E-state index in [9.17, 15) is 14.0 Å². The minimum absolute atomic E-state index is 0.0819. The molecule has 0 aliphatic carbocycles. The third kappa shape index (κ3) is 4.14. The first-order valence-electron chi connectivity index (χ1n) is 12.3. The first-order valence-corrected chi connectivity index (χ1v) is 12.3. The van der Waals surface area contributed by atoms with Crippen LogP contribution in [0.25, 0.3) is 10.9 Å². The van der Waals surface area contributed by atoms with E-state index in [0.717, 1.165) is 68.1 Å². The molecule has 1 spiro atoms. The lowest BCUT2D eigenvalue weighted by Gasteiger charge is -2.61. The Balaban J connectivity index is 1.08. The molecule has 2 atom stereocenters. The van der Waals surface area contributed by atoms with Crippen LogP contribution >= 0.6 is 0 Å². The van der Waals surface area contributed by atoms with Crippen LogP contribution in [0.1, 0.15) is 24.6 Å². The van der Waals surface area contributed by atoms with Crippen molar-refractivity contribution < 1.29 is 13.5 Å². The Kier molecular flexibility index (Phi) is 5.73. The molecule has 0 radical (unpaired) electrons. The molecule has 0 bridgehead atoms. The quantitative estimate of drug-likeness (QED) is 0.538. The molecule has 186 valence electrons. The van der Waals surface area contributed by atoms with Gasteiger partial charge in [0.2, 0.25) is 0 Å². The Bertz CT molecular complexity index is 1310. The summed E-state index contributed by atoms with van der Waals surface area (Å²) in [5, 5.41) is 10.5. The van der Waals surface area contributed by atoms with Crippen molar-refractivity contribution in [2.75, 3.05) is 55.6 Å². The number of fused-ring (bicyclic) bond motifs is 1. The van der Waals surface area contributed by atoms with Crippen molar-refractivity contribution in [2.45, 2.75) is 25.6 Å². The highest BCUT2D eigenvalue weighted by Crippen LogP contribution is 2.42. The average Bonchev–Trinajstić information content (AvgIpc) is 2.83. The lowest BCUT2D eigenvalue weighted by Crippen LogP contribution is -2.73. The molecule has 0 N–H and O–H groups in total. The Labute approximate surface area is 208 Å². The van der Waals surface area contributed by atoms with Gasteiger partial charge < -0.3 is 14.5 Å². The maximum absolute atomic E-state index is 13.0. The number of likely N-dealkylation sites (tertiary alicyclic amines) is 1. The van der Waals surface area contributed by atoms with Crippen molar-refractivity contribution in [1.29, 1.82) is 5.26 Å². The van der Waals surface area contributed by atoms with Crippen LogP contribution in [-0.4, -0.2) is 72.9 Å². The second-order valence-electron chi connectivity index (χ2n) is 10.4. The number of morpholine rings is 1. The van der Waals surface area contributed by atoms with Crippen LogP contribution in [0.3, 0.4) is 0 Å². The van der Waals surface area contributed by atoms with E-state index in [1.807, 2.05) is 30.3 Å². The molecule has 5 heterocycles. The van der Waals surface area contributed by atoms with Gasteiger partial charge in [0.1, 0.15) is 11.8 Å². The summed E-state index contributed by atoms with van der Waals surface area (Å²) in [5.41, 5.74) is 3.32. The van der Waals surface area contributed by atoms with Crippen LogP contribution < -0.4 is 9.80 Å². The Morgan fingerprint density at radius 3 is 2.69 bits per heavy atom. The molecule has 6 rings (SSSR count). The fourth-order valence-corrected chi connectivity index (χ4v) is 6.08. The molecule has 7 nitrogen and oxygen atoms in total. The molecule has 0 amide bonds. The highest BCUT2D eigenvalue weighted by molar-refractivity contribution is 5.95. The summed E-state index contributed by atoms with van der Waals surface area (Å²) in [4.78, 5) is 15.2. The monoisotopic (exact) mass is 490 g/mol. The number of anilines is 2. The highest BCUT2D eigenvalue weighted by atomic mass is 19.3. The molecular formula is C27H28F2N6O. The van der Waals surface area contributed by atoms with Crippen molar-refractivity contribution in [3.63, 3.8) is 0 Å². The smallest absolute Gasteiger partial charge is 0.280 e. The third-order valence-corrected chi connectivity index (χ3v) is 7.52. The molecule has 36 heavy (non-hydrogen) atoms. The summed E-state index contributed by atoms with van der Waals surface area (Å²) in [5.74, 6) is 0. The van der Waals surface area contributed by atoms with Crippen LogP contribution in [0.5, 0.6) is 0 Å². The van der Waals surface area contributed by atoms with Gasteiger partial charge in [-0.25, -0.2) is 8.78 Å². The molecule has 1 aromatic carbocycles. The number of hydrogen-bond donors (Lipinski definition) is 0. The topological polar surface area (TPSA) is 68.5 Å². The number of halogens is 2. The Hall–Kier alpha value is -3.35. The summed E-state index contributed by atoms with van der Waals surface area (Å²) in [6.07, 6.45) is 0.825. The van der Waals surface area contributed by atoms with E-state index in [1.54, 1.807) is 6.20 Å². The van der Waals surface area contributed by atoms with Gasteiger partial charge in [0, 0.05) is 80.4 Å². The molecule has 3 saturated heterocycles. The fourth-order valence-electron chi connectivity index (χ4n) is 6.08. The van der Waals surface area contributed by atoms with Crippen molar-refractivity contribution >= 4 is 22.3 Å². The number of hydrogen-bond acceptors (Lipinski definition) is 7. The minimum atomic E-state index is -2.55. The molecule has 0 saturated carbocycles. The maximum atomic E-state index is 13.0. The van der Waals surface area contributed by atoms with Crippen LogP contribution in [-0.2, 0) is 4.74 Å². The molecule has 3 aromatic rings. The number of ether oxygens (including phenoxy) is 1. The van der Waals surface area contributed by atoms with E-state index in [2.05, 4.69) is 37.7 Å². The summed E-state index contributed by atoms with van der Waals surface area (Å²) in [6.45, 7) is 8.29. The minimum Gasteiger partial charge on any atom is -0.370 e. The van der Waals surface area contributed by atoms with Crippen molar-refractivity contribution in [3.8, 4) is 6.07 Å². The second kappa shape index (κ2) is 8.95. The van der Waals surface area contributed by atoms with Gasteiger partial charge in [0.05, 0.1) is 23.3 Å². The van der Waals surface area contributed by atoms with E-state index in [0.29, 0.717) is 5.56 Å². The number of nitriles is 1. The molecule has 3 aliphatic rings. The van der Waals surface area contributed by atoms with E-state index in [4.69, 9.17) is 4.74 Å². The highest BCUT2D eigenvalue weighted by Gasteiger charge is 2.52. The molecular weight excluding hydrogens is 462 g/mol. The van der Waals surface area contributed by atoms with Gasteiger partial charge in [-0.15, -0.1) is 0 Å². The lowest BCUT2D eigenvalue weighted by molar-refractivity contribution is -0.0809. The van der Waals surface area contributed by atoms with Crippen LogP contribution in [0, 0.1) is 16.7 Å². The summed E-state index contributed by atoms with van der Waals surface area (Å²) in [6, 6.07) is 13.4. The fraction of sp³-hybridized carbons (Fsp3) is 0.444. The lowest BCUT2D eigenvalue weighted by atomic mass is 9.72. The number of nitrogens with zero attached hydrogens (tertiary/aromatic N) is 6. The SMILES string of the molecule is C[C@@H]1CN(c2ccc(C#N)c3ncccc23)C[C@H](CN2CC3(C2)CN(c2ccnc(C(F)F)c2)C3)O1. The van der Waals surface area contributed by atoms with E-state index in [1.165, 1.54) is 12.3 Å². The summed E-state index contributed by atoms with van der Waals surface area (Å²) < 4.78 is 32.3. The largest absolute Gasteiger partial charge is 0.370 e. The second-order valence-corrected chi connectivity index (χ2v) is 10.4. The van der Waals surface area contributed by atoms with Gasteiger partial charge in [-0.1, -0.05) is 0 Å². The van der Waals surface area contributed by atoms with E-state index in [-0.39, 0.29) is 23.3 Å². The standard InChI is InChI=1S/C27H28F2N6O/c1-18-11-34(24-5-4-19(10-30)25-22(24)3-2-7-32-25)13-21(36-18)12-33-14-27(15-33)16-35(17-27)20-6-8-31-23(9-20)26(28)29/h2-9,18,21,26H,11-17H2,1H3/t18-,21+/m1/s1. The van der Waals surface area contributed by atoms with Crippen molar-refractivity contribution in [3.05, 3.63) is 60.0 Å². The van der Waals surface area contributed by atoms with E-state index >= 15 is 0 Å². The Morgan fingerprint density at radius 1 is 1.08 bits per heavy atom. The van der Waals surface area contributed by atoms with Gasteiger partial charge in [0.15, 0.2) is 0 Å². The van der Waals surface area contributed by atoms with Gasteiger partial charge in [-0.2, -0.15) is 5.26 Å². The molecule has 2 aromatic heterocycles. The first-order chi connectivity index (χ1) is 17.4. The normalized spacial score (nSPS) is 23.5. The summed E-state index contributed by atoms with van der Waals surface area (Å²) in [7, 11) is 0. The number of pyridine rings is 2. The number of aromatic nitrogens is 2. The third-order valence-electron chi connectivity index (χ3n) is 7.52. The van der Waals surface area contributed by atoms with Gasteiger partial charge in [-0.05, 0) is 43.3 Å². The average molecular weight is 491 g/mol. The summed E-state index contributed by atoms with van der Waals surface area (Å²) >= 11 is 0. The van der Waals surface area contributed by atoms with E-state index < -0.39 is 6.43 Å². The molecule has 3 fully saturated rings. The zero-order valence-electron chi connectivity index (χ0n) is 20.1. The van der Waals surface area contributed by atoms with Gasteiger partial charge in [-0.3, -0.25) is 14.9 Å². The number of benzene rings is 1. The van der Waals surface area contributed by atoms with Crippen molar-refractivity contribution in [2.24, 2.45) is 5.41 Å². The zero-order valence-corrected chi connectivity index (χ0v) is 20.1. The van der Waals surface area contributed by atoms with Gasteiger partial charge >= 0.3 is 0 Å². The van der Waals surface area contributed by atoms with Gasteiger partial charge in [0.25, 0.3) is 6.43 Å². The van der Waals surface area contributed by atoms with Crippen molar-refractivity contribution in [1.82, 2.24) is 14.9 Å². The molecule has 0 unspecified atom stereocenters. The molecule has 9 heteroatoms.